The molecule has 1 unspecified atom stereocenters. The molecule has 0 radical (unpaired) electrons. The molecule has 4 rings (SSSR count). The van der Waals surface area contributed by atoms with E-state index in [-0.39, 0.29) is 0 Å². The first-order chi connectivity index (χ1) is 10.7. The van der Waals surface area contributed by atoms with Gasteiger partial charge in [0.2, 0.25) is 0 Å². The summed E-state index contributed by atoms with van der Waals surface area (Å²) in [4.78, 5) is 2.44. The molecule has 1 fully saturated rings. The summed E-state index contributed by atoms with van der Waals surface area (Å²) in [7, 11) is 0. The summed E-state index contributed by atoms with van der Waals surface area (Å²) in [5.74, 6) is 0. The normalized spacial score (nSPS) is 24.6. The summed E-state index contributed by atoms with van der Waals surface area (Å²) in [6.45, 7) is 3.97. The maximum atomic E-state index is 10.7. The Morgan fingerprint density at radius 1 is 1.05 bits per heavy atom. The van der Waals surface area contributed by atoms with Gasteiger partial charge in [0.1, 0.15) is 5.60 Å². The molecule has 0 saturated carbocycles. The molecule has 3 heteroatoms. The maximum Gasteiger partial charge on any atom is 0.115 e. The minimum Gasteiger partial charge on any atom is -0.383 e. The zero-order chi connectivity index (χ0) is 15.0. The predicted octanol–water partition coefficient (Wildman–Crippen LogP) is 2.81. The van der Waals surface area contributed by atoms with E-state index in [0.29, 0.717) is 19.6 Å². The van der Waals surface area contributed by atoms with Crippen LogP contribution in [0.4, 0.5) is 0 Å². The fourth-order valence-corrected chi connectivity index (χ4v) is 3.49. The smallest absolute Gasteiger partial charge is 0.115 e. The fraction of sp³-hybridized carbons (Fsp3) is 0.368. The highest BCUT2D eigenvalue weighted by atomic mass is 16.5. The van der Waals surface area contributed by atoms with Gasteiger partial charge >= 0.3 is 0 Å². The van der Waals surface area contributed by atoms with Gasteiger partial charge in [0, 0.05) is 32.7 Å². The Balaban J connectivity index is 1.52. The van der Waals surface area contributed by atoms with Gasteiger partial charge in [-0.1, -0.05) is 48.5 Å². The van der Waals surface area contributed by atoms with Crippen LogP contribution in [0.15, 0.2) is 48.5 Å². The number of hydrogen-bond donors (Lipinski definition) is 1. The highest BCUT2D eigenvalue weighted by Gasteiger charge is 2.35. The van der Waals surface area contributed by atoms with Gasteiger partial charge in [-0.3, -0.25) is 4.90 Å². The van der Waals surface area contributed by atoms with Gasteiger partial charge < -0.3 is 9.84 Å². The standard InChI is InChI=1S/C19H21NO2/c21-19(8-9-22-14-19)18-7-6-16-12-20(13-17(16)10-18)11-15-4-2-1-3-5-15/h1-7,10,21H,8-9,11-14H2. The summed E-state index contributed by atoms with van der Waals surface area (Å²) in [5, 5.41) is 10.7. The summed E-state index contributed by atoms with van der Waals surface area (Å²) < 4.78 is 5.37. The third-order valence-corrected chi connectivity index (χ3v) is 4.78. The Morgan fingerprint density at radius 3 is 2.64 bits per heavy atom. The maximum absolute atomic E-state index is 10.7. The van der Waals surface area contributed by atoms with E-state index in [0.717, 1.165) is 25.2 Å². The van der Waals surface area contributed by atoms with Gasteiger partial charge in [0.05, 0.1) is 6.61 Å². The van der Waals surface area contributed by atoms with Crippen molar-refractivity contribution in [2.75, 3.05) is 13.2 Å². The Morgan fingerprint density at radius 2 is 1.86 bits per heavy atom. The van der Waals surface area contributed by atoms with Gasteiger partial charge in [0.15, 0.2) is 0 Å². The summed E-state index contributed by atoms with van der Waals surface area (Å²) in [6.07, 6.45) is 0.694. The second-order valence-corrected chi connectivity index (χ2v) is 6.45. The van der Waals surface area contributed by atoms with Crippen LogP contribution in [0, 0.1) is 0 Å². The van der Waals surface area contributed by atoms with Crippen molar-refractivity contribution in [3.63, 3.8) is 0 Å². The molecule has 2 heterocycles. The topological polar surface area (TPSA) is 32.7 Å². The molecule has 0 bridgehead atoms. The molecule has 2 aromatic carbocycles. The monoisotopic (exact) mass is 295 g/mol. The number of ether oxygens (including phenoxy) is 1. The predicted molar refractivity (Wildman–Crippen MR) is 85.2 cm³/mol. The molecule has 22 heavy (non-hydrogen) atoms. The Kier molecular flexibility index (Phi) is 3.49. The fourth-order valence-electron chi connectivity index (χ4n) is 3.49. The lowest BCUT2D eigenvalue weighted by Crippen LogP contribution is -2.25. The lowest BCUT2D eigenvalue weighted by Gasteiger charge is -2.21. The molecule has 2 aliphatic rings. The molecule has 1 saturated heterocycles. The summed E-state index contributed by atoms with van der Waals surface area (Å²) in [5.41, 5.74) is 4.28. The van der Waals surface area contributed by atoms with E-state index in [2.05, 4.69) is 53.4 Å². The first kappa shape index (κ1) is 13.9. The second-order valence-electron chi connectivity index (χ2n) is 6.45. The van der Waals surface area contributed by atoms with Gasteiger partial charge in [-0.2, -0.15) is 0 Å². The average Bonchev–Trinajstić information content (AvgIpc) is 3.14. The average molecular weight is 295 g/mol. The minimum atomic E-state index is -0.790. The summed E-state index contributed by atoms with van der Waals surface area (Å²) in [6, 6.07) is 17.0. The Labute approximate surface area is 131 Å². The van der Waals surface area contributed by atoms with E-state index < -0.39 is 5.60 Å². The number of fused-ring (bicyclic) bond motifs is 1. The lowest BCUT2D eigenvalue weighted by molar-refractivity contribution is 0.0231. The van der Waals surface area contributed by atoms with E-state index >= 15 is 0 Å². The van der Waals surface area contributed by atoms with Gasteiger partial charge in [0.25, 0.3) is 0 Å². The van der Waals surface area contributed by atoms with Crippen molar-refractivity contribution in [2.45, 2.75) is 31.7 Å². The number of rotatable bonds is 3. The van der Waals surface area contributed by atoms with Crippen molar-refractivity contribution < 1.29 is 9.84 Å². The molecule has 3 nitrogen and oxygen atoms in total. The van der Waals surface area contributed by atoms with Crippen molar-refractivity contribution in [1.29, 1.82) is 0 Å². The van der Waals surface area contributed by atoms with Crippen LogP contribution in [-0.4, -0.2) is 23.2 Å². The van der Waals surface area contributed by atoms with Crippen molar-refractivity contribution in [1.82, 2.24) is 4.90 Å². The third kappa shape index (κ3) is 2.56. The van der Waals surface area contributed by atoms with Gasteiger partial charge in [-0.05, 0) is 22.3 Å². The zero-order valence-corrected chi connectivity index (χ0v) is 12.7. The largest absolute Gasteiger partial charge is 0.383 e. The Bertz CT molecular complexity index is 662. The molecule has 0 aliphatic carbocycles. The highest BCUT2D eigenvalue weighted by molar-refractivity contribution is 5.37. The van der Waals surface area contributed by atoms with Gasteiger partial charge in [-0.25, -0.2) is 0 Å². The van der Waals surface area contributed by atoms with Crippen molar-refractivity contribution in [2.24, 2.45) is 0 Å². The van der Waals surface area contributed by atoms with Crippen LogP contribution in [0.25, 0.3) is 0 Å². The SMILES string of the molecule is OC1(c2ccc3c(c2)CN(Cc2ccccc2)C3)CCOC1. The molecule has 114 valence electrons. The van der Waals surface area contributed by atoms with Crippen molar-refractivity contribution in [3.8, 4) is 0 Å². The van der Waals surface area contributed by atoms with E-state index in [9.17, 15) is 5.11 Å². The lowest BCUT2D eigenvalue weighted by atomic mass is 9.91. The summed E-state index contributed by atoms with van der Waals surface area (Å²) >= 11 is 0. The van der Waals surface area contributed by atoms with Crippen LogP contribution < -0.4 is 0 Å². The molecule has 0 spiro atoms. The Hall–Kier alpha value is -1.68. The van der Waals surface area contributed by atoms with Crippen LogP contribution in [0.2, 0.25) is 0 Å². The second kappa shape index (κ2) is 5.51. The number of aliphatic hydroxyl groups is 1. The van der Waals surface area contributed by atoms with E-state index in [1.54, 1.807) is 0 Å². The molecule has 2 aliphatic heterocycles. The highest BCUT2D eigenvalue weighted by Crippen LogP contribution is 2.34. The number of hydrogen-bond acceptors (Lipinski definition) is 3. The van der Waals surface area contributed by atoms with Crippen LogP contribution in [0.3, 0.4) is 0 Å². The first-order valence-corrected chi connectivity index (χ1v) is 7.92. The molecular weight excluding hydrogens is 274 g/mol. The molecular formula is C19H21NO2. The van der Waals surface area contributed by atoms with E-state index in [1.807, 2.05) is 0 Å². The van der Waals surface area contributed by atoms with Crippen LogP contribution in [0.5, 0.6) is 0 Å². The first-order valence-electron chi connectivity index (χ1n) is 7.92. The number of nitrogens with zero attached hydrogens (tertiary/aromatic N) is 1. The molecule has 0 aromatic heterocycles. The van der Waals surface area contributed by atoms with E-state index in [4.69, 9.17) is 4.74 Å². The van der Waals surface area contributed by atoms with Crippen LogP contribution in [-0.2, 0) is 30.0 Å². The molecule has 2 aromatic rings. The zero-order valence-electron chi connectivity index (χ0n) is 12.7. The van der Waals surface area contributed by atoms with E-state index in [1.165, 1.54) is 16.7 Å². The molecule has 1 atom stereocenters. The van der Waals surface area contributed by atoms with Crippen LogP contribution in [0.1, 0.15) is 28.7 Å². The quantitative estimate of drug-likeness (QED) is 0.945. The van der Waals surface area contributed by atoms with Crippen molar-refractivity contribution in [3.05, 3.63) is 70.8 Å². The van der Waals surface area contributed by atoms with Gasteiger partial charge in [-0.15, -0.1) is 0 Å². The third-order valence-electron chi connectivity index (χ3n) is 4.78. The van der Waals surface area contributed by atoms with Crippen LogP contribution >= 0.6 is 0 Å². The molecule has 0 amide bonds. The minimum absolute atomic E-state index is 0.416. The molecule has 1 N–H and O–H groups in total. The number of benzene rings is 2. The van der Waals surface area contributed by atoms with Crippen molar-refractivity contribution >= 4 is 0 Å².